The van der Waals surface area contributed by atoms with Crippen LogP contribution in [0.3, 0.4) is 0 Å². The van der Waals surface area contributed by atoms with Gasteiger partial charge in [-0.05, 0) is 32.6 Å². The highest BCUT2D eigenvalue weighted by atomic mass is 16.5. The van der Waals surface area contributed by atoms with E-state index in [1.165, 1.54) is 11.3 Å². The Hall–Kier alpha value is -1.16. The van der Waals surface area contributed by atoms with E-state index < -0.39 is 0 Å². The van der Waals surface area contributed by atoms with E-state index in [0.29, 0.717) is 5.92 Å². The minimum absolute atomic E-state index is 0.460. The number of hydrogen-bond donors (Lipinski definition) is 1. The van der Waals surface area contributed by atoms with Crippen LogP contribution in [0, 0.1) is 6.92 Å². The average molecular weight is 263 g/mol. The number of rotatable bonds is 5. The number of aryl methyl sites for hydroxylation is 1. The molecule has 1 aromatic rings. The highest BCUT2D eigenvalue weighted by Gasteiger charge is 2.20. The number of anilines is 1. The van der Waals surface area contributed by atoms with Crippen molar-refractivity contribution in [2.75, 3.05) is 25.1 Å². The van der Waals surface area contributed by atoms with Crippen LogP contribution in [0.25, 0.3) is 0 Å². The molecule has 0 amide bonds. The van der Waals surface area contributed by atoms with Crippen LogP contribution in [-0.4, -0.2) is 29.7 Å². The van der Waals surface area contributed by atoms with Crippen molar-refractivity contribution in [1.29, 1.82) is 0 Å². The summed E-state index contributed by atoms with van der Waals surface area (Å²) in [6, 6.07) is 0. The van der Waals surface area contributed by atoms with Crippen LogP contribution in [0.15, 0.2) is 0 Å². The normalized spacial score (nSPS) is 16.6. The van der Waals surface area contributed by atoms with Crippen LogP contribution in [0.4, 0.5) is 5.82 Å². The molecule has 0 aromatic carbocycles. The minimum Gasteiger partial charge on any atom is -0.381 e. The first-order chi connectivity index (χ1) is 9.26. The molecular formula is C15H25N3O. The summed E-state index contributed by atoms with van der Waals surface area (Å²) < 4.78 is 5.43. The van der Waals surface area contributed by atoms with E-state index in [4.69, 9.17) is 14.7 Å². The molecule has 1 aromatic heterocycles. The van der Waals surface area contributed by atoms with Gasteiger partial charge in [0.2, 0.25) is 0 Å². The molecule has 0 bridgehead atoms. The van der Waals surface area contributed by atoms with E-state index >= 15 is 0 Å². The van der Waals surface area contributed by atoms with E-state index in [-0.39, 0.29) is 0 Å². The lowest BCUT2D eigenvalue weighted by Gasteiger charge is -2.22. The van der Waals surface area contributed by atoms with Crippen molar-refractivity contribution in [3.8, 4) is 0 Å². The van der Waals surface area contributed by atoms with Gasteiger partial charge in [-0.25, -0.2) is 9.97 Å². The Morgan fingerprint density at radius 3 is 2.58 bits per heavy atom. The SMILES string of the molecule is CCCNc1nc(C2CCOCC2)nc(CC)c1C. The van der Waals surface area contributed by atoms with Gasteiger partial charge in [0.05, 0.1) is 0 Å². The molecule has 1 aliphatic rings. The Labute approximate surface area is 116 Å². The third-order valence-corrected chi connectivity index (χ3v) is 3.73. The molecule has 0 spiro atoms. The lowest BCUT2D eigenvalue weighted by Crippen LogP contribution is -2.18. The summed E-state index contributed by atoms with van der Waals surface area (Å²) in [7, 11) is 0. The molecule has 2 heterocycles. The molecule has 0 saturated carbocycles. The second-order valence-electron chi connectivity index (χ2n) is 5.17. The smallest absolute Gasteiger partial charge is 0.134 e. The van der Waals surface area contributed by atoms with Crippen LogP contribution in [0.5, 0.6) is 0 Å². The summed E-state index contributed by atoms with van der Waals surface area (Å²) in [6.07, 6.45) is 4.15. The van der Waals surface area contributed by atoms with E-state index in [1.54, 1.807) is 0 Å². The Balaban J connectivity index is 2.26. The molecule has 1 aliphatic heterocycles. The quantitative estimate of drug-likeness (QED) is 0.887. The highest BCUT2D eigenvalue weighted by molar-refractivity contribution is 5.46. The minimum atomic E-state index is 0.460. The van der Waals surface area contributed by atoms with Gasteiger partial charge in [0.15, 0.2) is 0 Å². The zero-order valence-corrected chi connectivity index (χ0v) is 12.3. The van der Waals surface area contributed by atoms with Crippen LogP contribution in [0.1, 0.15) is 56.1 Å². The standard InChI is InChI=1S/C15H25N3O/c1-4-8-16-14-11(3)13(5-2)17-15(18-14)12-6-9-19-10-7-12/h12H,4-10H2,1-3H3,(H,16,17,18). The van der Waals surface area contributed by atoms with Crippen molar-refractivity contribution in [3.63, 3.8) is 0 Å². The maximum Gasteiger partial charge on any atom is 0.134 e. The van der Waals surface area contributed by atoms with Crippen LogP contribution in [0.2, 0.25) is 0 Å². The molecule has 1 N–H and O–H groups in total. The van der Waals surface area contributed by atoms with Crippen molar-refractivity contribution in [2.45, 2.75) is 52.4 Å². The van der Waals surface area contributed by atoms with Gasteiger partial charge in [-0.1, -0.05) is 13.8 Å². The molecular weight excluding hydrogens is 238 g/mol. The predicted octanol–water partition coefficient (Wildman–Crippen LogP) is 3.06. The van der Waals surface area contributed by atoms with Gasteiger partial charge in [0, 0.05) is 36.9 Å². The van der Waals surface area contributed by atoms with Gasteiger partial charge in [-0.3, -0.25) is 0 Å². The van der Waals surface area contributed by atoms with Crippen LogP contribution in [-0.2, 0) is 11.2 Å². The van der Waals surface area contributed by atoms with Gasteiger partial charge in [-0.2, -0.15) is 0 Å². The van der Waals surface area contributed by atoms with Crippen molar-refractivity contribution in [1.82, 2.24) is 9.97 Å². The number of hydrogen-bond acceptors (Lipinski definition) is 4. The molecule has 0 radical (unpaired) electrons. The average Bonchev–Trinajstić information content (AvgIpc) is 2.47. The monoisotopic (exact) mass is 263 g/mol. The number of ether oxygens (including phenoxy) is 1. The van der Waals surface area contributed by atoms with E-state index in [0.717, 1.165) is 57.1 Å². The van der Waals surface area contributed by atoms with E-state index in [9.17, 15) is 0 Å². The molecule has 4 heteroatoms. The fourth-order valence-electron chi connectivity index (χ4n) is 2.48. The summed E-state index contributed by atoms with van der Waals surface area (Å²) in [5, 5.41) is 3.43. The number of nitrogens with one attached hydrogen (secondary N) is 1. The predicted molar refractivity (Wildman–Crippen MR) is 77.7 cm³/mol. The van der Waals surface area contributed by atoms with Crippen molar-refractivity contribution in [3.05, 3.63) is 17.1 Å². The van der Waals surface area contributed by atoms with Gasteiger partial charge in [0.25, 0.3) is 0 Å². The molecule has 1 fully saturated rings. The third kappa shape index (κ3) is 3.44. The number of aromatic nitrogens is 2. The maximum atomic E-state index is 5.43. The highest BCUT2D eigenvalue weighted by Crippen LogP contribution is 2.27. The summed E-state index contributed by atoms with van der Waals surface area (Å²) in [5.74, 6) is 2.49. The van der Waals surface area contributed by atoms with Crippen molar-refractivity contribution >= 4 is 5.82 Å². The van der Waals surface area contributed by atoms with Crippen LogP contribution >= 0.6 is 0 Å². The Bertz CT molecular complexity index is 414. The largest absolute Gasteiger partial charge is 0.381 e. The van der Waals surface area contributed by atoms with E-state index in [2.05, 4.69) is 26.1 Å². The zero-order chi connectivity index (χ0) is 13.7. The molecule has 1 saturated heterocycles. The lowest BCUT2D eigenvalue weighted by atomic mass is 9.99. The molecule has 4 nitrogen and oxygen atoms in total. The summed E-state index contributed by atoms with van der Waals surface area (Å²) in [6.45, 7) is 9.08. The fraction of sp³-hybridized carbons (Fsp3) is 0.733. The lowest BCUT2D eigenvalue weighted by molar-refractivity contribution is 0.0835. The molecule has 19 heavy (non-hydrogen) atoms. The summed E-state index contributed by atoms with van der Waals surface area (Å²) in [5.41, 5.74) is 2.38. The first-order valence-electron chi connectivity index (χ1n) is 7.45. The molecule has 2 rings (SSSR count). The third-order valence-electron chi connectivity index (χ3n) is 3.73. The fourth-order valence-corrected chi connectivity index (χ4v) is 2.48. The van der Waals surface area contributed by atoms with Crippen LogP contribution < -0.4 is 5.32 Å². The summed E-state index contributed by atoms with van der Waals surface area (Å²) in [4.78, 5) is 9.54. The van der Waals surface area contributed by atoms with Gasteiger partial charge in [-0.15, -0.1) is 0 Å². The molecule has 0 atom stereocenters. The topological polar surface area (TPSA) is 47.0 Å². The van der Waals surface area contributed by atoms with Crippen molar-refractivity contribution < 1.29 is 4.74 Å². The summed E-state index contributed by atoms with van der Waals surface area (Å²) >= 11 is 0. The Morgan fingerprint density at radius 1 is 1.21 bits per heavy atom. The Kier molecular flexibility index (Phi) is 5.14. The van der Waals surface area contributed by atoms with Gasteiger partial charge in [0.1, 0.15) is 11.6 Å². The zero-order valence-electron chi connectivity index (χ0n) is 12.3. The maximum absolute atomic E-state index is 5.43. The molecule has 0 aliphatic carbocycles. The first kappa shape index (κ1) is 14.3. The van der Waals surface area contributed by atoms with Gasteiger partial charge >= 0.3 is 0 Å². The first-order valence-corrected chi connectivity index (χ1v) is 7.45. The number of nitrogens with zero attached hydrogens (tertiary/aromatic N) is 2. The second kappa shape index (κ2) is 6.85. The van der Waals surface area contributed by atoms with E-state index in [1.807, 2.05) is 0 Å². The molecule has 106 valence electrons. The van der Waals surface area contributed by atoms with Gasteiger partial charge < -0.3 is 10.1 Å². The second-order valence-corrected chi connectivity index (χ2v) is 5.17. The van der Waals surface area contributed by atoms with Crippen molar-refractivity contribution in [2.24, 2.45) is 0 Å². The molecule has 0 unspecified atom stereocenters. The Morgan fingerprint density at radius 2 is 1.95 bits per heavy atom.